The van der Waals surface area contributed by atoms with Gasteiger partial charge in [-0.05, 0) is 29.8 Å². The number of nitro groups is 1. The average Bonchev–Trinajstić information content (AvgIpc) is 2.61. The summed E-state index contributed by atoms with van der Waals surface area (Å²) in [5.41, 5.74) is 0.961. The summed E-state index contributed by atoms with van der Waals surface area (Å²) in [6, 6.07) is 12.0. The van der Waals surface area contributed by atoms with Crippen LogP contribution in [0, 0.1) is 10.1 Å². The molecule has 0 N–H and O–H groups in total. The van der Waals surface area contributed by atoms with Crippen LogP contribution >= 0.6 is 0 Å². The zero-order chi connectivity index (χ0) is 19.1. The van der Waals surface area contributed by atoms with Crippen molar-refractivity contribution in [3.63, 3.8) is 0 Å². The molecule has 0 bridgehead atoms. The quantitative estimate of drug-likeness (QED) is 0.426. The number of carbonyl (C=O) groups is 1. The van der Waals surface area contributed by atoms with Crippen molar-refractivity contribution in [3.05, 3.63) is 75.8 Å². The highest BCUT2D eigenvalue weighted by molar-refractivity contribution is 5.92. The summed E-state index contributed by atoms with van der Waals surface area (Å²) in [5.74, 6) is -0.315. The molecule has 1 amide bonds. The highest BCUT2D eigenvalue weighted by atomic mass is 19.3. The van der Waals surface area contributed by atoms with Gasteiger partial charge >= 0.3 is 6.61 Å². The number of para-hydroxylation sites is 1. The minimum Gasteiger partial charge on any atom is -0.435 e. The van der Waals surface area contributed by atoms with Crippen LogP contribution in [0.4, 0.5) is 14.5 Å². The Morgan fingerprint density at radius 2 is 1.88 bits per heavy atom. The fourth-order valence-corrected chi connectivity index (χ4v) is 2.21. The predicted octanol–water partition coefficient (Wildman–Crippen LogP) is 3.87. The number of carbonyl (C=O) groups excluding carboxylic acids is 1. The molecule has 0 atom stereocenters. The van der Waals surface area contributed by atoms with Crippen LogP contribution in [-0.2, 0) is 11.3 Å². The van der Waals surface area contributed by atoms with Crippen molar-refractivity contribution in [2.45, 2.75) is 13.2 Å². The van der Waals surface area contributed by atoms with Gasteiger partial charge in [-0.15, -0.1) is 0 Å². The summed E-state index contributed by atoms with van der Waals surface area (Å²) in [4.78, 5) is 24.0. The Kier molecular flexibility index (Phi) is 6.37. The molecule has 2 aromatic rings. The zero-order valence-electron chi connectivity index (χ0n) is 13.8. The van der Waals surface area contributed by atoms with Gasteiger partial charge in [0.2, 0.25) is 5.91 Å². The van der Waals surface area contributed by atoms with Crippen LogP contribution in [0.5, 0.6) is 5.75 Å². The van der Waals surface area contributed by atoms with Crippen LogP contribution in [0.25, 0.3) is 6.08 Å². The molecule has 136 valence electrons. The third-order valence-corrected chi connectivity index (χ3v) is 3.48. The molecule has 26 heavy (non-hydrogen) atoms. The van der Waals surface area contributed by atoms with Crippen LogP contribution in [0.1, 0.15) is 11.1 Å². The SMILES string of the molecule is CN(Cc1ccc(OC(F)F)cc1)C(=O)C=Cc1ccccc1[N+](=O)[O-]. The Hall–Kier alpha value is -3.29. The first-order valence-corrected chi connectivity index (χ1v) is 7.57. The van der Waals surface area contributed by atoms with Gasteiger partial charge < -0.3 is 9.64 Å². The number of amides is 1. The second-order valence-electron chi connectivity index (χ2n) is 5.37. The van der Waals surface area contributed by atoms with E-state index in [9.17, 15) is 23.7 Å². The highest BCUT2D eigenvalue weighted by Crippen LogP contribution is 2.19. The second-order valence-corrected chi connectivity index (χ2v) is 5.37. The van der Waals surface area contributed by atoms with Crippen LogP contribution < -0.4 is 4.74 Å². The van der Waals surface area contributed by atoms with Crippen LogP contribution in [-0.4, -0.2) is 29.4 Å². The Balaban J connectivity index is 2.00. The Bertz CT molecular complexity index is 807. The standard InChI is InChI=1S/C18H16F2N2O4/c1-21(12-13-6-9-15(10-7-13)26-18(19)20)17(23)11-8-14-4-2-3-5-16(14)22(24)25/h2-11,18H,12H2,1H3. The molecule has 6 nitrogen and oxygen atoms in total. The number of alkyl halides is 2. The van der Waals surface area contributed by atoms with E-state index < -0.39 is 11.5 Å². The molecule has 0 fully saturated rings. The lowest BCUT2D eigenvalue weighted by molar-refractivity contribution is -0.385. The normalized spacial score (nSPS) is 10.9. The third kappa shape index (κ3) is 5.37. The van der Waals surface area contributed by atoms with Gasteiger partial charge in [-0.2, -0.15) is 8.78 Å². The van der Waals surface area contributed by atoms with E-state index in [-0.39, 0.29) is 23.9 Å². The first kappa shape index (κ1) is 19.0. The molecule has 0 saturated heterocycles. The first-order valence-electron chi connectivity index (χ1n) is 7.57. The summed E-state index contributed by atoms with van der Waals surface area (Å²) in [6.45, 7) is -2.65. The van der Waals surface area contributed by atoms with E-state index in [1.165, 1.54) is 35.3 Å². The maximum Gasteiger partial charge on any atom is 0.387 e. The van der Waals surface area contributed by atoms with Crippen molar-refractivity contribution in [2.24, 2.45) is 0 Å². The largest absolute Gasteiger partial charge is 0.435 e. The number of ether oxygens (including phenoxy) is 1. The van der Waals surface area contributed by atoms with E-state index in [0.29, 0.717) is 5.56 Å². The lowest BCUT2D eigenvalue weighted by Crippen LogP contribution is -2.24. The summed E-state index contributed by atoms with van der Waals surface area (Å²) >= 11 is 0. The van der Waals surface area contributed by atoms with E-state index in [1.807, 2.05) is 0 Å². The first-order chi connectivity index (χ1) is 12.4. The van der Waals surface area contributed by atoms with Crippen molar-refractivity contribution in [3.8, 4) is 5.75 Å². The van der Waals surface area contributed by atoms with Gasteiger partial charge in [0.05, 0.1) is 10.5 Å². The monoisotopic (exact) mass is 362 g/mol. The molecule has 0 aliphatic rings. The Labute approximate surface area is 148 Å². The number of benzene rings is 2. The smallest absolute Gasteiger partial charge is 0.387 e. The van der Waals surface area contributed by atoms with Gasteiger partial charge in [0.1, 0.15) is 5.75 Å². The van der Waals surface area contributed by atoms with Crippen LogP contribution in [0.15, 0.2) is 54.6 Å². The summed E-state index contributed by atoms with van der Waals surface area (Å²) in [5, 5.41) is 11.0. The Morgan fingerprint density at radius 3 is 2.50 bits per heavy atom. The molecule has 0 aliphatic carbocycles. The van der Waals surface area contributed by atoms with Crippen LogP contribution in [0.3, 0.4) is 0 Å². The zero-order valence-corrected chi connectivity index (χ0v) is 13.8. The van der Waals surface area contributed by atoms with Crippen molar-refractivity contribution in [1.29, 1.82) is 0 Å². The molecule has 2 aromatic carbocycles. The molecule has 0 saturated carbocycles. The van der Waals surface area contributed by atoms with Gasteiger partial charge in [0.25, 0.3) is 5.69 Å². The van der Waals surface area contributed by atoms with Gasteiger partial charge in [-0.3, -0.25) is 14.9 Å². The second kappa shape index (κ2) is 8.70. The molecule has 0 heterocycles. The number of halogens is 2. The number of nitro benzene ring substituents is 1. The lowest BCUT2D eigenvalue weighted by Gasteiger charge is -2.15. The lowest BCUT2D eigenvalue weighted by atomic mass is 10.1. The predicted molar refractivity (Wildman–Crippen MR) is 91.7 cm³/mol. The number of likely N-dealkylation sites (N-methyl/N-ethyl adjacent to an activating group) is 1. The van der Waals surface area contributed by atoms with E-state index >= 15 is 0 Å². The van der Waals surface area contributed by atoms with Gasteiger partial charge in [-0.25, -0.2) is 0 Å². The fourth-order valence-electron chi connectivity index (χ4n) is 2.21. The maximum absolute atomic E-state index is 12.2. The molecule has 8 heteroatoms. The minimum absolute atomic E-state index is 0.0361. The van der Waals surface area contributed by atoms with E-state index in [0.717, 1.165) is 5.56 Å². The molecule has 2 rings (SSSR count). The van der Waals surface area contributed by atoms with Crippen molar-refractivity contribution in [1.82, 2.24) is 4.90 Å². The van der Waals surface area contributed by atoms with Crippen molar-refractivity contribution >= 4 is 17.7 Å². The third-order valence-electron chi connectivity index (χ3n) is 3.48. The molecule has 0 unspecified atom stereocenters. The Morgan fingerprint density at radius 1 is 1.23 bits per heavy atom. The van der Waals surface area contributed by atoms with E-state index in [1.54, 1.807) is 37.4 Å². The topological polar surface area (TPSA) is 72.7 Å². The van der Waals surface area contributed by atoms with E-state index in [2.05, 4.69) is 4.74 Å². The maximum atomic E-state index is 12.2. The average molecular weight is 362 g/mol. The molecule has 0 aromatic heterocycles. The molecule has 0 aliphatic heterocycles. The van der Waals surface area contributed by atoms with Gasteiger partial charge in [0, 0.05) is 25.7 Å². The number of nitrogens with zero attached hydrogens (tertiary/aromatic N) is 2. The molecular weight excluding hydrogens is 346 g/mol. The van der Waals surface area contributed by atoms with Gasteiger partial charge in [-0.1, -0.05) is 24.3 Å². The number of hydrogen-bond donors (Lipinski definition) is 0. The summed E-state index contributed by atoms with van der Waals surface area (Å²) < 4.78 is 28.5. The number of hydrogen-bond acceptors (Lipinski definition) is 4. The summed E-state index contributed by atoms with van der Waals surface area (Å²) in [7, 11) is 1.57. The van der Waals surface area contributed by atoms with Crippen molar-refractivity contribution in [2.75, 3.05) is 7.05 Å². The minimum atomic E-state index is -2.89. The van der Waals surface area contributed by atoms with E-state index in [4.69, 9.17) is 0 Å². The molecule has 0 spiro atoms. The summed E-state index contributed by atoms with van der Waals surface area (Å²) in [6.07, 6.45) is 2.63. The fraction of sp³-hybridized carbons (Fsp3) is 0.167. The highest BCUT2D eigenvalue weighted by Gasteiger charge is 2.11. The van der Waals surface area contributed by atoms with Gasteiger partial charge in [0.15, 0.2) is 0 Å². The number of rotatable bonds is 7. The molecular formula is C18H16F2N2O4. The molecule has 0 radical (unpaired) electrons. The van der Waals surface area contributed by atoms with Crippen LogP contribution in [0.2, 0.25) is 0 Å². The van der Waals surface area contributed by atoms with Crippen molar-refractivity contribution < 1.29 is 23.2 Å².